The molecule has 0 aliphatic rings. The summed E-state index contributed by atoms with van der Waals surface area (Å²) in [5, 5.41) is 3.03. The van der Waals surface area contributed by atoms with Crippen molar-refractivity contribution in [3.63, 3.8) is 0 Å². The third-order valence-corrected chi connectivity index (χ3v) is 3.09. The average molecular weight is 274 g/mol. The standard InChI is InChI=1S/C11H9Cl2NOS/c1-2-15-11-8(10-5-16-6-14-10)3-7(12)4-9(11)13/h3-6H,2H2,1H3. The highest BCUT2D eigenvalue weighted by molar-refractivity contribution is 7.07. The highest BCUT2D eigenvalue weighted by atomic mass is 35.5. The van der Waals surface area contributed by atoms with Crippen LogP contribution < -0.4 is 4.74 Å². The summed E-state index contributed by atoms with van der Waals surface area (Å²) in [6.45, 7) is 2.47. The van der Waals surface area contributed by atoms with E-state index in [0.717, 1.165) is 11.3 Å². The molecule has 0 N–H and O–H groups in total. The molecule has 0 spiro atoms. The topological polar surface area (TPSA) is 22.1 Å². The fourth-order valence-electron chi connectivity index (χ4n) is 1.39. The minimum absolute atomic E-state index is 0.511. The number of hydrogen-bond acceptors (Lipinski definition) is 3. The van der Waals surface area contributed by atoms with Crippen LogP contribution in [0.15, 0.2) is 23.0 Å². The van der Waals surface area contributed by atoms with E-state index in [1.165, 1.54) is 11.3 Å². The van der Waals surface area contributed by atoms with E-state index in [1.54, 1.807) is 11.6 Å². The third-order valence-electron chi connectivity index (χ3n) is 2.01. The van der Waals surface area contributed by atoms with Crippen molar-refractivity contribution in [3.05, 3.63) is 33.1 Å². The molecule has 0 atom stereocenters. The second-order valence-corrected chi connectivity index (χ2v) is 4.63. The summed E-state index contributed by atoms with van der Waals surface area (Å²) < 4.78 is 5.52. The fraction of sp³-hybridized carbons (Fsp3) is 0.182. The van der Waals surface area contributed by atoms with Crippen LogP contribution in [0.2, 0.25) is 10.0 Å². The van der Waals surface area contributed by atoms with Gasteiger partial charge in [-0.15, -0.1) is 11.3 Å². The van der Waals surface area contributed by atoms with Crippen LogP contribution in [0, 0.1) is 0 Å². The summed E-state index contributed by atoms with van der Waals surface area (Å²) in [5.74, 6) is 0.638. The summed E-state index contributed by atoms with van der Waals surface area (Å²) in [7, 11) is 0. The molecule has 0 saturated carbocycles. The molecule has 16 heavy (non-hydrogen) atoms. The van der Waals surface area contributed by atoms with E-state index in [4.69, 9.17) is 27.9 Å². The molecule has 0 saturated heterocycles. The van der Waals surface area contributed by atoms with Gasteiger partial charge in [-0.05, 0) is 19.1 Å². The molecule has 0 aliphatic heterocycles. The van der Waals surface area contributed by atoms with Crippen molar-refractivity contribution in [1.82, 2.24) is 4.98 Å². The zero-order valence-electron chi connectivity index (χ0n) is 8.54. The maximum atomic E-state index is 6.10. The van der Waals surface area contributed by atoms with Gasteiger partial charge in [0.25, 0.3) is 0 Å². The molecule has 0 amide bonds. The zero-order valence-corrected chi connectivity index (χ0v) is 10.9. The lowest BCUT2D eigenvalue weighted by Gasteiger charge is -2.10. The first-order chi connectivity index (χ1) is 7.72. The number of rotatable bonds is 3. The van der Waals surface area contributed by atoms with Crippen molar-refractivity contribution in [2.24, 2.45) is 0 Å². The van der Waals surface area contributed by atoms with Crippen molar-refractivity contribution < 1.29 is 4.74 Å². The molecule has 2 rings (SSSR count). The van der Waals surface area contributed by atoms with Crippen LogP contribution in [-0.2, 0) is 0 Å². The molecular formula is C11H9Cl2NOS. The van der Waals surface area contributed by atoms with Gasteiger partial charge >= 0.3 is 0 Å². The first kappa shape index (κ1) is 11.7. The lowest BCUT2D eigenvalue weighted by atomic mass is 10.1. The quantitative estimate of drug-likeness (QED) is 0.821. The van der Waals surface area contributed by atoms with Gasteiger partial charge in [0.2, 0.25) is 0 Å². The predicted octanol–water partition coefficient (Wildman–Crippen LogP) is 4.52. The van der Waals surface area contributed by atoms with Crippen LogP contribution in [0.5, 0.6) is 5.75 Å². The maximum absolute atomic E-state index is 6.10. The predicted molar refractivity (Wildman–Crippen MR) is 68.7 cm³/mol. The van der Waals surface area contributed by atoms with Crippen molar-refractivity contribution >= 4 is 34.5 Å². The fourth-order valence-corrected chi connectivity index (χ4v) is 2.49. The van der Waals surface area contributed by atoms with Crippen LogP contribution in [0.25, 0.3) is 11.3 Å². The molecular weight excluding hydrogens is 265 g/mol. The second-order valence-electron chi connectivity index (χ2n) is 3.07. The monoisotopic (exact) mass is 273 g/mol. The number of ether oxygens (including phenoxy) is 1. The van der Waals surface area contributed by atoms with E-state index in [0.29, 0.717) is 22.4 Å². The van der Waals surface area contributed by atoms with Gasteiger partial charge in [-0.3, -0.25) is 0 Å². The molecule has 1 aromatic heterocycles. The van der Waals surface area contributed by atoms with E-state index in [9.17, 15) is 0 Å². The Balaban J connectivity index is 2.57. The lowest BCUT2D eigenvalue weighted by molar-refractivity contribution is 0.342. The minimum atomic E-state index is 0.511. The van der Waals surface area contributed by atoms with Gasteiger partial charge in [0.05, 0.1) is 22.8 Å². The van der Waals surface area contributed by atoms with E-state index >= 15 is 0 Å². The van der Waals surface area contributed by atoms with Crippen molar-refractivity contribution in [2.75, 3.05) is 6.61 Å². The number of nitrogens with zero attached hydrogens (tertiary/aromatic N) is 1. The number of thiazole rings is 1. The summed E-state index contributed by atoms with van der Waals surface area (Å²) in [4.78, 5) is 4.23. The third kappa shape index (κ3) is 2.32. The van der Waals surface area contributed by atoms with Crippen molar-refractivity contribution in [3.8, 4) is 17.0 Å². The molecule has 1 heterocycles. The normalized spacial score (nSPS) is 10.4. The van der Waals surface area contributed by atoms with Crippen LogP contribution >= 0.6 is 34.5 Å². The first-order valence-corrected chi connectivity index (χ1v) is 6.42. The van der Waals surface area contributed by atoms with E-state index in [2.05, 4.69) is 4.98 Å². The summed E-state index contributed by atoms with van der Waals surface area (Å²) in [6.07, 6.45) is 0. The van der Waals surface area contributed by atoms with E-state index < -0.39 is 0 Å². The largest absolute Gasteiger partial charge is 0.492 e. The Morgan fingerprint density at radius 3 is 2.81 bits per heavy atom. The van der Waals surface area contributed by atoms with Gasteiger partial charge < -0.3 is 4.74 Å². The highest BCUT2D eigenvalue weighted by Crippen LogP contribution is 2.38. The molecule has 0 bridgehead atoms. The maximum Gasteiger partial charge on any atom is 0.147 e. The molecule has 2 aromatic rings. The van der Waals surface area contributed by atoms with Crippen molar-refractivity contribution in [1.29, 1.82) is 0 Å². The number of halogens is 2. The molecule has 0 radical (unpaired) electrons. The second kappa shape index (κ2) is 5.04. The summed E-state index contributed by atoms with van der Waals surface area (Å²) in [6, 6.07) is 3.48. The highest BCUT2D eigenvalue weighted by Gasteiger charge is 2.13. The molecule has 5 heteroatoms. The zero-order chi connectivity index (χ0) is 11.5. The van der Waals surface area contributed by atoms with Gasteiger partial charge in [0.15, 0.2) is 0 Å². The molecule has 2 nitrogen and oxygen atoms in total. The SMILES string of the molecule is CCOc1c(Cl)cc(Cl)cc1-c1cscn1. The van der Waals surface area contributed by atoms with Crippen LogP contribution in [0.3, 0.4) is 0 Å². The van der Waals surface area contributed by atoms with Gasteiger partial charge in [0, 0.05) is 16.0 Å². The van der Waals surface area contributed by atoms with E-state index in [1.807, 2.05) is 18.4 Å². The minimum Gasteiger partial charge on any atom is -0.492 e. The Morgan fingerprint density at radius 2 is 2.19 bits per heavy atom. The van der Waals surface area contributed by atoms with Gasteiger partial charge in [-0.25, -0.2) is 4.98 Å². The van der Waals surface area contributed by atoms with E-state index in [-0.39, 0.29) is 0 Å². The van der Waals surface area contributed by atoms with Crippen molar-refractivity contribution in [2.45, 2.75) is 6.92 Å². The first-order valence-electron chi connectivity index (χ1n) is 4.72. The molecule has 1 aromatic carbocycles. The number of benzene rings is 1. The Labute approximate surface area is 108 Å². The molecule has 0 fully saturated rings. The van der Waals surface area contributed by atoms with Gasteiger partial charge in [-0.2, -0.15) is 0 Å². The molecule has 0 unspecified atom stereocenters. The average Bonchev–Trinajstić information content (AvgIpc) is 2.75. The number of hydrogen-bond donors (Lipinski definition) is 0. The lowest BCUT2D eigenvalue weighted by Crippen LogP contribution is -1.95. The summed E-state index contributed by atoms with van der Waals surface area (Å²) in [5.41, 5.74) is 3.43. The summed E-state index contributed by atoms with van der Waals surface area (Å²) >= 11 is 13.6. The Morgan fingerprint density at radius 1 is 1.38 bits per heavy atom. The Kier molecular flexibility index (Phi) is 3.69. The molecule has 0 aliphatic carbocycles. The van der Waals surface area contributed by atoms with Gasteiger partial charge in [-0.1, -0.05) is 23.2 Å². The Hall–Kier alpha value is -0.770. The van der Waals surface area contributed by atoms with Crippen LogP contribution in [-0.4, -0.2) is 11.6 Å². The Bertz CT molecular complexity index is 485. The van der Waals surface area contributed by atoms with Crippen LogP contribution in [0.1, 0.15) is 6.92 Å². The number of aromatic nitrogens is 1. The smallest absolute Gasteiger partial charge is 0.147 e. The van der Waals surface area contributed by atoms with Crippen LogP contribution in [0.4, 0.5) is 0 Å². The van der Waals surface area contributed by atoms with Gasteiger partial charge in [0.1, 0.15) is 5.75 Å². The molecule has 84 valence electrons.